The first-order chi connectivity index (χ1) is 7.26. The van der Waals surface area contributed by atoms with Crippen LogP contribution >= 0.6 is 11.6 Å². The second kappa shape index (κ2) is 4.23. The average Bonchev–Trinajstić information content (AvgIpc) is 3.05. The summed E-state index contributed by atoms with van der Waals surface area (Å²) in [7, 11) is 0. The minimum Gasteiger partial charge on any atom is -0.368 e. The van der Waals surface area contributed by atoms with Gasteiger partial charge in [0.25, 0.3) is 0 Å². The second-order valence-electron chi connectivity index (χ2n) is 3.84. The monoisotopic (exact) mass is 223 g/mol. The van der Waals surface area contributed by atoms with Crippen LogP contribution in [0.25, 0.3) is 0 Å². The largest absolute Gasteiger partial charge is 0.368 e. The lowest BCUT2D eigenvalue weighted by Gasteiger charge is -2.24. The molecule has 0 aliphatic heterocycles. The number of anilines is 1. The third-order valence-corrected chi connectivity index (χ3v) is 2.99. The lowest BCUT2D eigenvalue weighted by atomic mass is 10.1. The molecule has 0 unspecified atom stereocenters. The van der Waals surface area contributed by atoms with E-state index in [0.29, 0.717) is 16.6 Å². The molecule has 0 atom stereocenters. The molecule has 0 bridgehead atoms. The fourth-order valence-electron chi connectivity index (χ4n) is 1.89. The van der Waals surface area contributed by atoms with Crippen LogP contribution in [0.1, 0.15) is 30.1 Å². The summed E-state index contributed by atoms with van der Waals surface area (Å²) in [5, 5.41) is 0.618. The van der Waals surface area contributed by atoms with Crippen molar-refractivity contribution in [1.82, 2.24) is 0 Å². The Morgan fingerprint density at radius 2 is 2.27 bits per heavy atom. The van der Waals surface area contributed by atoms with Crippen molar-refractivity contribution < 1.29 is 4.79 Å². The number of carbonyl (C=O) groups excluding carboxylic acids is 1. The summed E-state index contributed by atoms with van der Waals surface area (Å²) in [6.07, 6.45) is 3.34. The van der Waals surface area contributed by atoms with Gasteiger partial charge in [0.05, 0.1) is 0 Å². The topological polar surface area (TPSA) is 20.3 Å². The van der Waals surface area contributed by atoms with Gasteiger partial charge < -0.3 is 4.90 Å². The lowest BCUT2D eigenvalue weighted by molar-refractivity contribution is 0.112. The van der Waals surface area contributed by atoms with Crippen molar-refractivity contribution in [1.29, 1.82) is 0 Å². The van der Waals surface area contributed by atoms with Gasteiger partial charge in [-0.2, -0.15) is 0 Å². The molecule has 15 heavy (non-hydrogen) atoms. The summed E-state index contributed by atoms with van der Waals surface area (Å²) >= 11 is 5.86. The molecule has 1 aromatic rings. The number of carbonyl (C=O) groups is 1. The van der Waals surface area contributed by atoms with Gasteiger partial charge in [0.1, 0.15) is 0 Å². The number of halogens is 1. The minimum atomic E-state index is 0.618. The number of aldehydes is 1. The van der Waals surface area contributed by atoms with Crippen LogP contribution in [0, 0.1) is 0 Å². The van der Waals surface area contributed by atoms with E-state index < -0.39 is 0 Å². The minimum absolute atomic E-state index is 0.618. The zero-order valence-corrected chi connectivity index (χ0v) is 9.50. The van der Waals surface area contributed by atoms with E-state index in [2.05, 4.69) is 11.8 Å². The Kier molecular flexibility index (Phi) is 2.96. The van der Waals surface area contributed by atoms with E-state index in [1.54, 1.807) is 6.07 Å². The number of benzene rings is 1. The Balaban J connectivity index is 2.36. The first kappa shape index (κ1) is 10.5. The van der Waals surface area contributed by atoms with Gasteiger partial charge in [-0.15, -0.1) is 0 Å². The van der Waals surface area contributed by atoms with Crippen molar-refractivity contribution in [2.75, 3.05) is 11.4 Å². The van der Waals surface area contributed by atoms with Crippen LogP contribution in [0.15, 0.2) is 18.2 Å². The smallest absolute Gasteiger partial charge is 0.152 e. The van der Waals surface area contributed by atoms with Crippen molar-refractivity contribution in [2.24, 2.45) is 0 Å². The second-order valence-corrected chi connectivity index (χ2v) is 4.27. The van der Waals surface area contributed by atoms with E-state index in [9.17, 15) is 4.79 Å². The van der Waals surface area contributed by atoms with E-state index >= 15 is 0 Å². The third kappa shape index (κ3) is 2.15. The number of nitrogens with zero attached hydrogens (tertiary/aromatic N) is 1. The Hall–Kier alpha value is -1.02. The van der Waals surface area contributed by atoms with Gasteiger partial charge in [-0.1, -0.05) is 11.6 Å². The van der Waals surface area contributed by atoms with Crippen molar-refractivity contribution in [2.45, 2.75) is 25.8 Å². The molecule has 1 saturated carbocycles. The first-order valence-corrected chi connectivity index (χ1v) is 5.65. The van der Waals surface area contributed by atoms with E-state index in [0.717, 1.165) is 18.5 Å². The van der Waals surface area contributed by atoms with Crippen LogP contribution < -0.4 is 4.90 Å². The Morgan fingerprint density at radius 1 is 1.53 bits per heavy atom. The predicted octanol–water partition coefficient (Wildman–Crippen LogP) is 3.14. The Bertz CT molecular complexity index is 374. The molecule has 2 nitrogen and oxygen atoms in total. The molecule has 1 fully saturated rings. The molecule has 3 heteroatoms. The molecular weight excluding hydrogens is 210 g/mol. The summed E-state index contributed by atoms with van der Waals surface area (Å²) in [6.45, 7) is 3.05. The average molecular weight is 224 g/mol. The van der Waals surface area contributed by atoms with E-state index in [-0.39, 0.29) is 0 Å². The van der Waals surface area contributed by atoms with Crippen LogP contribution in [0.5, 0.6) is 0 Å². The Morgan fingerprint density at radius 3 is 2.80 bits per heavy atom. The molecule has 80 valence electrons. The van der Waals surface area contributed by atoms with Gasteiger partial charge in [-0.3, -0.25) is 4.79 Å². The molecular formula is C12H14ClNO. The third-order valence-electron chi connectivity index (χ3n) is 2.75. The fraction of sp³-hybridized carbons (Fsp3) is 0.417. The van der Waals surface area contributed by atoms with Crippen LogP contribution in [0.2, 0.25) is 5.02 Å². The molecule has 0 heterocycles. The van der Waals surface area contributed by atoms with Crippen molar-refractivity contribution >= 4 is 23.6 Å². The van der Waals surface area contributed by atoms with Gasteiger partial charge >= 0.3 is 0 Å². The number of hydrogen-bond donors (Lipinski definition) is 0. The molecule has 0 N–H and O–H groups in total. The zero-order valence-electron chi connectivity index (χ0n) is 8.74. The molecule has 1 aromatic carbocycles. The zero-order chi connectivity index (χ0) is 10.8. The molecule has 0 amide bonds. The fourth-order valence-corrected chi connectivity index (χ4v) is 2.07. The molecule has 1 aliphatic carbocycles. The van der Waals surface area contributed by atoms with Gasteiger partial charge in [0, 0.05) is 28.9 Å². The maximum absolute atomic E-state index is 11.0. The SMILES string of the molecule is CCN(c1ccc(Cl)cc1C=O)C1CC1. The standard InChI is InChI=1S/C12H14ClNO/c1-2-14(11-4-5-11)12-6-3-10(13)7-9(12)8-15/h3,6-8,11H,2,4-5H2,1H3. The molecule has 0 radical (unpaired) electrons. The van der Waals surface area contributed by atoms with E-state index in [1.807, 2.05) is 12.1 Å². The van der Waals surface area contributed by atoms with Crippen LogP contribution in [-0.4, -0.2) is 18.9 Å². The highest BCUT2D eigenvalue weighted by molar-refractivity contribution is 6.31. The van der Waals surface area contributed by atoms with Crippen LogP contribution in [-0.2, 0) is 0 Å². The summed E-state index contributed by atoms with van der Waals surface area (Å²) in [4.78, 5) is 13.2. The van der Waals surface area contributed by atoms with Crippen LogP contribution in [0.4, 0.5) is 5.69 Å². The highest BCUT2D eigenvalue weighted by Gasteiger charge is 2.29. The predicted molar refractivity (Wildman–Crippen MR) is 62.9 cm³/mol. The highest BCUT2D eigenvalue weighted by Crippen LogP contribution is 2.33. The normalized spacial score (nSPS) is 15.1. The van der Waals surface area contributed by atoms with Crippen molar-refractivity contribution in [3.63, 3.8) is 0 Å². The van der Waals surface area contributed by atoms with Gasteiger partial charge in [-0.25, -0.2) is 0 Å². The highest BCUT2D eigenvalue weighted by atomic mass is 35.5. The summed E-state index contributed by atoms with van der Waals surface area (Å²) in [6, 6.07) is 6.13. The van der Waals surface area contributed by atoms with Gasteiger partial charge in [0.15, 0.2) is 6.29 Å². The molecule has 0 saturated heterocycles. The number of rotatable bonds is 4. The van der Waals surface area contributed by atoms with Crippen LogP contribution in [0.3, 0.4) is 0 Å². The maximum atomic E-state index is 11.0. The summed E-state index contributed by atoms with van der Waals surface area (Å²) < 4.78 is 0. The molecule has 0 spiro atoms. The molecule has 2 rings (SSSR count). The summed E-state index contributed by atoms with van der Waals surface area (Å²) in [5.41, 5.74) is 1.70. The van der Waals surface area contributed by atoms with Gasteiger partial charge in [0.2, 0.25) is 0 Å². The Labute approximate surface area is 94.8 Å². The van der Waals surface area contributed by atoms with E-state index in [4.69, 9.17) is 11.6 Å². The van der Waals surface area contributed by atoms with E-state index in [1.165, 1.54) is 12.8 Å². The van der Waals surface area contributed by atoms with Crippen molar-refractivity contribution in [3.8, 4) is 0 Å². The lowest BCUT2D eigenvalue weighted by Crippen LogP contribution is -2.26. The molecule has 1 aliphatic rings. The van der Waals surface area contributed by atoms with Crippen molar-refractivity contribution in [3.05, 3.63) is 28.8 Å². The molecule has 0 aromatic heterocycles. The quantitative estimate of drug-likeness (QED) is 0.731. The number of hydrogen-bond acceptors (Lipinski definition) is 2. The maximum Gasteiger partial charge on any atom is 0.152 e. The van der Waals surface area contributed by atoms with Gasteiger partial charge in [-0.05, 0) is 38.0 Å². The first-order valence-electron chi connectivity index (χ1n) is 5.27. The summed E-state index contributed by atoms with van der Waals surface area (Å²) in [5.74, 6) is 0.